The predicted molar refractivity (Wildman–Crippen MR) is 117 cm³/mol. The molecule has 1 atom stereocenters. The molecule has 0 spiro atoms. The molecule has 1 fully saturated rings. The van der Waals surface area contributed by atoms with Gasteiger partial charge in [0.05, 0.1) is 33.1 Å². The van der Waals surface area contributed by atoms with Crippen LogP contribution < -0.4 is 14.2 Å². The Bertz CT molecular complexity index is 1060. The quantitative estimate of drug-likeness (QED) is 0.571. The summed E-state index contributed by atoms with van der Waals surface area (Å²) in [5, 5.41) is 7.29. The summed E-state index contributed by atoms with van der Waals surface area (Å²) in [5.74, 6) is 0.570. The van der Waals surface area contributed by atoms with Crippen molar-refractivity contribution in [2.75, 3.05) is 34.4 Å². The Hall–Kier alpha value is -3.13. The summed E-state index contributed by atoms with van der Waals surface area (Å²) in [6.07, 6.45) is 3.66. The number of nitrogens with zero attached hydrogens (tertiary/aromatic N) is 2. The number of hydrogen-bond acceptors (Lipinski definition) is 5. The van der Waals surface area contributed by atoms with Crippen LogP contribution in [-0.4, -0.2) is 49.5 Å². The van der Waals surface area contributed by atoms with Gasteiger partial charge in [-0.15, -0.1) is 0 Å². The van der Waals surface area contributed by atoms with Crippen molar-refractivity contribution < 1.29 is 23.0 Å². The van der Waals surface area contributed by atoms with Gasteiger partial charge in [-0.1, -0.05) is 6.07 Å². The van der Waals surface area contributed by atoms with Gasteiger partial charge in [-0.05, 0) is 37.1 Å². The van der Waals surface area contributed by atoms with E-state index in [1.54, 1.807) is 33.6 Å². The van der Waals surface area contributed by atoms with E-state index in [2.05, 4.69) is 15.1 Å². The van der Waals surface area contributed by atoms with Crippen LogP contribution in [0.1, 0.15) is 30.0 Å². The number of nitrogens with one attached hydrogen (secondary N) is 1. The summed E-state index contributed by atoms with van der Waals surface area (Å²) >= 11 is 0. The minimum Gasteiger partial charge on any atom is -0.496 e. The zero-order valence-corrected chi connectivity index (χ0v) is 18.5. The first kappa shape index (κ1) is 22.1. The predicted octanol–water partition coefficient (Wildman–Crippen LogP) is 4.76. The number of benzene rings is 2. The van der Waals surface area contributed by atoms with E-state index in [0.717, 1.165) is 48.8 Å². The summed E-state index contributed by atoms with van der Waals surface area (Å²) in [6, 6.07) is 7.67. The van der Waals surface area contributed by atoms with Gasteiger partial charge >= 0.3 is 0 Å². The second-order valence-corrected chi connectivity index (χ2v) is 7.91. The lowest BCUT2D eigenvalue weighted by Crippen LogP contribution is -2.34. The SMILES string of the molecule is COc1cc(OC)c(CN2CCCC(c3[nH]ncc3-c3ccc(F)c(F)c3)C2)c(OC)c1. The highest BCUT2D eigenvalue weighted by Crippen LogP contribution is 2.38. The Morgan fingerprint density at radius 1 is 1.03 bits per heavy atom. The van der Waals surface area contributed by atoms with E-state index < -0.39 is 11.6 Å². The maximum Gasteiger partial charge on any atom is 0.159 e. The molecule has 8 heteroatoms. The molecule has 32 heavy (non-hydrogen) atoms. The molecule has 0 aliphatic carbocycles. The number of hydrogen-bond donors (Lipinski definition) is 1. The number of H-pyrrole nitrogens is 1. The van der Waals surface area contributed by atoms with E-state index in [4.69, 9.17) is 14.2 Å². The van der Waals surface area contributed by atoms with E-state index in [9.17, 15) is 8.78 Å². The average molecular weight is 443 g/mol. The molecule has 1 aliphatic heterocycles. The molecule has 170 valence electrons. The van der Waals surface area contributed by atoms with Gasteiger partial charge in [-0.2, -0.15) is 5.10 Å². The van der Waals surface area contributed by atoms with Crippen LogP contribution >= 0.6 is 0 Å². The molecule has 6 nitrogen and oxygen atoms in total. The highest BCUT2D eigenvalue weighted by molar-refractivity contribution is 5.66. The number of halogens is 2. The molecule has 1 aromatic heterocycles. The lowest BCUT2D eigenvalue weighted by Gasteiger charge is -2.33. The third-order valence-corrected chi connectivity index (χ3v) is 6.01. The number of aromatic amines is 1. The molecule has 4 rings (SSSR count). The molecule has 0 bridgehead atoms. The Morgan fingerprint density at radius 2 is 1.78 bits per heavy atom. The molecule has 3 aromatic rings. The van der Waals surface area contributed by atoms with E-state index in [0.29, 0.717) is 29.4 Å². The van der Waals surface area contributed by atoms with Crippen LogP contribution in [0.15, 0.2) is 36.5 Å². The molecular formula is C24H27F2N3O3. The maximum absolute atomic E-state index is 13.8. The smallest absolute Gasteiger partial charge is 0.159 e. The zero-order valence-electron chi connectivity index (χ0n) is 18.5. The summed E-state index contributed by atoms with van der Waals surface area (Å²) in [7, 11) is 4.88. The monoisotopic (exact) mass is 443 g/mol. The maximum atomic E-state index is 13.8. The molecule has 0 amide bonds. The standard InChI is InChI=1S/C24H27F2N3O3/c1-30-17-10-22(31-2)19(23(11-17)32-3)14-29-8-4-5-16(13-29)24-18(12-27-28-24)15-6-7-20(25)21(26)9-15/h6-7,9-12,16H,4-5,8,13-14H2,1-3H3,(H,27,28). The van der Waals surface area contributed by atoms with Crippen molar-refractivity contribution in [3.63, 3.8) is 0 Å². The Labute approximate surface area is 186 Å². The fourth-order valence-corrected chi connectivity index (χ4v) is 4.39. The summed E-state index contributed by atoms with van der Waals surface area (Å²) in [6.45, 7) is 2.38. The number of piperidine rings is 1. The zero-order chi connectivity index (χ0) is 22.7. The van der Waals surface area contributed by atoms with Crippen LogP contribution in [0, 0.1) is 11.6 Å². The third-order valence-electron chi connectivity index (χ3n) is 6.01. The van der Waals surface area contributed by atoms with Crippen LogP contribution in [0.5, 0.6) is 17.2 Å². The minimum atomic E-state index is -0.862. The highest BCUT2D eigenvalue weighted by atomic mass is 19.2. The van der Waals surface area contributed by atoms with Crippen LogP contribution in [0.3, 0.4) is 0 Å². The summed E-state index contributed by atoms with van der Waals surface area (Å²) in [4.78, 5) is 2.34. The topological polar surface area (TPSA) is 59.6 Å². The summed E-state index contributed by atoms with van der Waals surface area (Å²) < 4.78 is 43.7. The van der Waals surface area contributed by atoms with Crippen LogP contribution in [0.4, 0.5) is 8.78 Å². The van der Waals surface area contributed by atoms with E-state index in [-0.39, 0.29) is 5.92 Å². The molecule has 1 N–H and O–H groups in total. The number of likely N-dealkylation sites (tertiary alicyclic amines) is 1. The number of ether oxygens (including phenoxy) is 3. The molecule has 1 aliphatic rings. The van der Waals surface area contributed by atoms with Gasteiger partial charge in [0.2, 0.25) is 0 Å². The van der Waals surface area contributed by atoms with Gasteiger partial charge in [0.25, 0.3) is 0 Å². The largest absolute Gasteiger partial charge is 0.496 e. The van der Waals surface area contributed by atoms with Gasteiger partial charge in [0.1, 0.15) is 17.2 Å². The van der Waals surface area contributed by atoms with Crippen molar-refractivity contribution in [3.05, 3.63) is 59.4 Å². The van der Waals surface area contributed by atoms with Gasteiger partial charge in [0, 0.05) is 42.4 Å². The average Bonchev–Trinajstić information content (AvgIpc) is 3.31. The van der Waals surface area contributed by atoms with E-state index >= 15 is 0 Å². The normalized spacial score (nSPS) is 16.7. The molecule has 0 saturated carbocycles. The van der Waals surface area contributed by atoms with Gasteiger partial charge in [-0.3, -0.25) is 10.00 Å². The molecule has 1 saturated heterocycles. The number of methoxy groups -OCH3 is 3. The first-order valence-electron chi connectivity index (χ1n) is 10.5. The van der Waals surface area contributed by atoms with Crippen molar-refractivity contribution in [2.24, 2.45) is 0 Å². The number of aromatic nitrogens is 2. The van der Waals surface area contributed by atoms with Gasteiger partial charge < -0.3 is 14.2 Å². The molecule has 2 aromatic carbocycles. The number of rotatable bonds is 7. The summed E-state index contributed by atoms with van der Waals surface area (Å²) in [5.41, 5.74) is 3.31. The third kappa shape index (κ3) is 4.41. The first-order valence-corrected chi connectivity index (χ1v) is 10.5. The van der Waals surface area contributed by atoms with E-state index in [1.807, 2.05) is 12.1 Å². The van der Waals surface area contributed by atoms with Crippen LogP contribution in [0.25, 0.3) is 11.1 Å². The van der Waals surface area contributed by atoms with Crippen molar-refractivity contribution in [3.8, 4) is 28.4 Å². The minimum absolute atomic E-state index is 0.185. The van der Waals surface area contributed by atoms with Crippen molar-refractivity contribution in [2.45, 2.75) is 25.3 Å². The first-order chi connectivity index (χ1) is 15.5. The Morgan fingerprint density at radius 3 is 2.44 bits per heavy atom. The van der Waals surface area contributed by atoms with Crippen molar-refractivity contribution >= 4 is 0 Å². The molecule has 0 radical (unpaired) electrons. The lowest BCUT2D eigenvalue weighted by molar-refractivity contribution is 0.194. The van der Waals surface area contributed by atoms with Gasteiger partial charge in [0.15, 0.2) is 11.6 Å². The highest BCUT2D eigenvalue weighted by Gasteiger charge is 2.27. The second-order valence-electron chi connectivity index (χ2n) is 7.91. The lowest BCUT2D eigenvalue weighted by atomic mass is 9.90. The second kappa shape index (κ2) is 9.56. The van der Waals surface area contributed by atoms with E-state index in [1.165, 1.54) is 6.07 Å². The Balaban J connectivity index is 1.57. The fourth-order valence-electron chi connectivity index (χ4n) is 4.39. The fraction of sp³-hybridized carbons (Fsp3) is 0.375. The molecule has 1 unspecified atom stereocenters. The van der Waals surface area contributed by atoms with Crippen LogP contribution in [0.2, 0.25) is 0 Å². The van der Waals surface area contributed by atoms with Gasteiger partial charge in [-0.25, -0.2) is 8.78 Å². The van der Waals surface area contributed by atoms with Crippen molar-refractivity contribution in [1.29, 1.82) is 0 Å². The van der Waals surface area contributed by atoms with Crippen LogP contribution in [-0.2, 0) is 6.54 Å². The molecular weight excluding hydrogens is 416 g/mol. The Kier molecular flexibility index (Phi) is 6.60. The molecule has 2 heterocycles. The van der Waals surface area contributed by atoms with Crippen molar-refractivity contribution in [1.82, 2.24) is 15.1 Å².